The van der Waals surface area contributed by atoms with Gasteiger partial charge in [0, 0.05) is 12.3 Å². The van der Waals surface area contributed by atoms with Gasteiger partial charge in [-0.15, -0.1) is 0 Å². The Kier molecular flexibility index (Phi) is 2.56. The van der Waals surface area contributed by atoms with Crippen LogP contribution in [0.15, 0.2) is 18.3 Å². The van der Waals surface area contributed by atoms with Crippen molar-refractivity contribution < 1.29 is 9.47 Å². The van der Waals surface area contributed by atoms with E-state index in [9.17, 15) is 0 Å². The van der Waals surface area contributed by atoms with Gasteiger partial charge in [0.2, 0.25) is 0 Å². The molecule has 0 aliphatic heterocycles. The summed E-state index contributed by atoms with van der Waals surface area (Å²) in [6.07, 6.45) is 1.75. The van der Waals surface area contributed by atoms with Gasteiger partial charge in [0.1, 0.15) is 11.3 Å². The van der Waals surface area contributed by atoms with Gasteiger partial charge in [-0.2, -0.15) is 0 Å². The molecule has 84 valence electrons. The zero-order chi connectivity index (χ0) is 11.7. The first kappa shape index (κ1) is 10.5. The molecule has 0 amide bonds. The van der Waals surface area contributed by atoms with Gasteiger partial charge in [0.05, 0.1) is 25.3 Å². The first-order valence-corrected chi connectivity index (χ1v) is 4.94. The van der Waals surface area contributed by atoms with Gasteiger partial charge in [0.25, 0.3) is 0 Å². The predicted octanol–water partition coefficient (Wildman–Crippen LogP) is 2.14. The molecular weight excluding hydrogens is 204 g/mol. The van der Waals surface area contributed by atoms with Crippen molar-refractivity contribution in [2.75, 3.05) is 20.0 Å². The van der Waals surface area contributed by atoms with Crippen LogP contribution >= 0.6 is 0 Å². The molecule has 2 rings (SSSR count). The molecule has 2 N–H and O–H groups in total. The zero-order valence-electron chi connectivity index (χ0n) is 9.57. The molecule has 2 aromatic rings. The lowest BCUT2D eigenvalue weighted by Crippen LogP contribution is -1.98. The average molecular weight is 218 g/mol. The maximum Gasteiger partial charge on any atom is 0.151 e. The standard InChI is InChI=1S/C12H14N2O2/c1-7-4-5-14-11-9(15-2)6-8(13)12(16-3)10(7)11/h4-6H,13H2,1-3H3. The van der Waals surface area contributed by atoms with Gasteiger partial charge in [0.15, 0.2) is 5.75 Å². The van der Waals surface area contributed by atoms with Gasteiger partial charge in [-0.25, -0.2) is 0 Å². The van der Waals surface area contributed by atoms with Crippen LogP contribution in [0.3, 0.4) is 0 Å². The summed E-state index contributed by atoms with van der Waals surface area (Å²) in [5.74, 6) is 1.32. The van der Waals surface area contributed by atoms with Crippen LogP contribution in [-0.4, -0.2) is 19.2 Å². The number of ether oxygens (including phenoxy) is 2. The summed E-state index contributed by atoms with van der Waals surface area (Å²) in [7, 11) is 3.20. The number of anilines is 1. The van der Waals surface area contributed by atoms with Crippen molar-refractivity contribution in [2.24, 2.45) is 0 Å². The second-order valence-electron chi connectivity index (χ2n) is 3.55. The molecule has 4 nitrogen and oxygen atoms in total. The highest BCUT2D eigenvalue weighted by molar-refractivity contribution is 5.97. The maximum atomic E-state index is 5.91. The molecule has 0 unspecified atom stereocenters. The summed E-state index contributed by atoms with van der Waals surface area (Å²) in [5.41, 5.74) is 8.30. The van der Waals surface area contributed by atoms with E-state index < -0.39 is 0 Å². The maximum absolute atomic E-state index is 5.91. The Morgan fingerprint density at radius 2 is 2.00 bits per heavy atom. The number of aromatic nitrogens is 1. The Balaban J connectivity index is 2.94. The van der Waals surface area contributed by atoms with Crippen LogP contribution in [0.25, 0.3) is 10.9 Å². The third-order valence-corrected chi connectivity index (χ3v) is 2.59. The number of benzene rings is 1. The van der Waals surface area contributed by atoms with E-state index >= 15 is 0 Å². The first-order valence-electron chi connectivity index (χ1n) is 4.94. The van der Waals surface area contributed by atoms with Crippen molar-refractivity contribution in [3.63, 3.8) is 0 Å². The summed E-state index contributed by atoms with van der Waals surface area (Å²) in [6.45, 7) is 1.99. The molecule has 0 saturated carbocycles. The number of rotatable bonds is 2. The highest BCUT2D eigenvalue weighted by Crippen LogP contribution is 2.38. The van der Waals surface area contributed by atoms with Gasteiger partial charge < -0.3 is 15.2 Å². The van der Waals surface area contributed by atoms with Crippen LogP contribution in [0.2, 0.25) is 0 Å². The lowest BCUT2D eigenvalue weighted by atomic mass is 10.1. The summed E-state index contributed by atoms with van der Waals surface area (Å²) >= 11 is 0. The fourth-order valence-electron chi connectivity index (χ4n) is 1.83. The molecule has 0 saturated heterocycles. The van der Waals surface area contributed by atoms with Crippen LogP contribution in [0.1, 0.15) is 5.56 Å². The molecule has 1 aromatic heterocycles. The van der Waals surface area contributed by atoms with Crippen LogP contribution in [0.5, 0.6) is 11.5 Å². The summed E-state index contributed by atoms with van der Waals surface area (Å²) in [5, 5.41) is 0.904. The fourth-order valence-corrected chi connectivity index (χ4v) is 1.83. The topological polar surface area (TPSA) is 57.4 Å². The molecule has 0 aliphatic carbocycles. The van der Waals surface area contributed by atoms with Crippen molar-refractivity contribution >= 4 is 16.6 Å². The number of nitrogens with two attached hydrogens (primary N) is 1. The fraction of sp³-hybridized carbons (Fsp3) is 0.250. The Bertz CT molecular complexity index is 538. The quantitative estimate of drug-likeness (QED) is 0.784. The molecule has 16 heavy (non-hydrogen) atoms. The van der Waals surface area contributed by atoms with E-state index in [1.54, 1.807) is 26.5 Å². The lowest BCUT2D eigenvalue weighted by molar-refractivity contribution is 0.411. The van der Waals surface area contributed by atoms with Crippen molar-refractivity contribution in [3.05, 3.63) is 23.9 Å². The second kappa shape index (κ2) is 3.89. The largest absolute Gasteiger partial charge is 0.494 e. The van der Waals surface area contributed by atoms with Crippen molar-refractivity contribution in [3.8, 4) is 11.5 Å². The Labute approximate surface area is 94.0 Å². The summed E-state index contributed by atoms with van der Waals surface area (Å²) in [4.78, 5) is 4.30. The van der Waals surface area contributed by atoms with Crippen molar-refractivity contribution in [1.29, 1.82) is 0 Å². The van der Waals surface area contributed by atoms with E-state index in [-0.39, 0.29) is 0 Å². The molecule has 0 spiro atoms. The number of hydrogen-bond donors (Lipinski definition) is 1. The normalized spacial score (nSPS) is 10.4. The molecule has 0 atom stereocenters. The van der Waals surface area contributed by atoms with Crippen LogP contribution in [0.4, 0.5) is 5.69 Å². The van der Waals surface area contributed by atoms with E-state index in [1.165, 1.54) is 0 Å². The van der Waals surface area contributed by atoms with E-state index in [4.69, 9.17) is 15.2 Å². The van der Waals surface area contributed by atoms with E-state index in [2.05, 4.69) is 4.98 Å². The minimum absolute atomic E-state index is 0.558. The number of nitrogens with zero attached hydrogens (tertiary/aromatic N) is 1. The van der Waals surface area contributed by atoms with Crippen LogP contribution < -0.4 is 15.2 Å². The molecule has 0 bridgehead atoms. The van der Waals surface area contributed by atoms with Gasteiger partial charge in [-0.05, 0) is 18.6 Å². The number of fused-ring (bicyclic) bond motifs is 1. The highest BCUT2D eigenvalue weighted by atomic mass is 16.5. The number of methoxy groups -OCH3 is 2. The predicted molar refractivity (Wildman–Crippen MR) is 64.0 cm³/mol. The minimum atomic E-state index is 0.558. The SMILES string of the molecule is COc1cc(N)c(OC)c2c(C)ccnc12. The van der Waals surface area contributed by atoms with Crippen LogP contribution in [0, 0.1) is 6.92 Å². The number of nitrogen functional groups attached to an aromatic ring is 1. The van der Waals surface area contributed by atoms with E-state index in [0.29, 0.717) is 17.2 Å². The molecule has 0 fully saturated rings. The third-order valence-electron chi connectivity index (χ3n) is 2.59. The molecule has 4 heteroatoms. The van der Waals surface area contributed by atoms with Gasteiger partial charge in [-0.3, -0.25) is 4.98 Å². The van der Waals surface area contributed by atoms with Crippen LogP contribution in [-0.2, 0) is 0 Å². The summed E-state index contributed by atoms with van der Waals surface area (Å²) < 4.78 is 10.6. The lowest BCUT2D eigenvalue weighted by Gasteiger charge is -2.13. The van der Waals surface area contributed by atoms with Gasteiger partial charge >= 0.3 is 0 Å². The summed E-state index contributed by atoms with van der Waals surface area (Å²) in [6, 6.07) is 3.65. The molecular formula is C12H14N2O2. The molecule has 0 aliphatic rings. The van der Waals surface area contributed by atoms with Crippen molar-refractivity contribution in [2.45, 2.75) is 6.92 Å². The first-order chi connectivity index (χ1) is 7.69. The van der Waals surface area contributed by atoms with Gasteiger partial charge in [-0.1, -0.05) is 0 Å². The highest BCUT2D eigenvalue weighted by Gasteiger charge is 2.13. The second-order valence-corrected chi connectivity index (χ2v) is 3.55. The van der Waals surface area contributed by atoms with E-state index in [1.807, 2.05) is 13.0 Å². The number of aryl methyl sites for hydroxylation is 1. The average Bonchev–Trinajstić information content (AvgIpc) is 2.29. The molecule has 0 radical (unpaired) electrons. The minimum Gasteiger partial charge on any atom is -0.494 e. The van der Waals surface area contributed by atoms with E-state index in [0.717, 1.165) is 16.5 Å². The zero-order valence-corrected chi connectivity index (χ0v) is 9.57. The number of pyridine rings is 1. The smallest absolute Gasteiger partial charge is 0.151 e. The van der Waals surface area contributed by atoms with Crippen molar-refractivity contribution in [1.82, 2.24) is 4.98 Å². The number of hydrogen-bond acceptors (Lipinski definition) is 4. The molecule has 1 heterocycles. The third kappa shape index (κ3) is 1.43. The monoisotopic (exact) mass is 218 g/mol. The Hall–Kier alpha value is -1.97. The Morgan fingerprint density at radius 3 is 2.62 bits per heavy atom. The molecule has 1 aromatic carbocycles. The Morgan fingerprint density at radius 1 is 1.25 bits per heavy atom.